The number of nitrogens with zero attached hydrogens (tertiary/aromatic N) is 1. The summed E-state index contributed by atoms with van der Waals surface area (Å²) >= 11 is 0. The van der Waals surface area contributed by atoms with Crippen molar-refractivity contribution >= 4 is 11.6 Å². The summed E-state index contributed by atoms with van der Waals surface area (Å²) in [5.74, 6) is 0.501. The zero-order chi connectivity index (χ0) is 13.4. The Morgan fingerprint density at radius 2 is 1.67 bits per heavy atom. The maximum absolute atomic E-state index is 5.92. The van der Waals surface area contributed by atoms with Crippen LogP contribution in [0.15, 0.2) is 35.3 Å². The van der Waals surface area contributed by atoms with Crippen molar-refractivity contribution in [3.05, 3.63) is 30.3 Å². The Bertz CT molecular complexity index is 358. The highest BCUT2D eigenvalue weighted by molar-refractivity contribution is 5.92. The molecule has 3 heteroatoms. The van der Waals surface area contributed by atoms with Crippen LogP contribution in [0, 0.1) is 5.41 Å². The number of hydrogen-bond donors (Lipinski definition) is 2. The highest BCUT2D eigenvalue weighted by atomic mass is 15.1. The number of rotatable bonds is 6. The summed E-state index contributed by atoms with van der Waals surface area (Å²) < 4.78 is 0. The lowest BCUT2D eigenvalue weighted by Gasteiger charge is -2.28. The van der Waals surface area contributed by atoms with Gasteiger partial charge in [-0.3, -0.25) is 4.99 Å². The maximum atomic E-state index is 5.92. The summed E-state index contributed by atoms with van der Waals surface area (Å²) in [6.45, 7) is 7.47. The molecule has 1 rings (SSSR count). The number of hydrogen-bond acceptors (Lipinski definition) is 1. The van der Waals surface area contributed by atoms with E-state index in [0.29, 0.717) is 11.4 Å². The lowest BCUT2D eigenvalue weighted by molar-refractivity contribution is 0.263. The van der Waals surface area contributed by atoms with Gasteiger partial charge in [-0.05, 0) is 36.8 Å². The Balaban J connectivity index is 2.61. The third-order valence-electron chi connectivity index (χ3n) is 3.88. The molecule has 18 heavy (non-hydrogen) atoms. The van der Waals surface area contributed by atoms with Crippen LogP contribution in [0.1, 0.15) is 40.0 Å². The molecule has 0 radical (unpaired) electrons. The van der Waals surface area contributed by atoms with E-state index in [0.717, 1.165) is 31.5 Å². The first-order valence-electron chi connectivity index (χ1n) is 6.77. The van der Waals surface area contributed by atoms with Crippen molar-refractivity contribution in [2.24, 2.45) is 16.1 Å². The first-order valence-corrected chi connectivity index (χ1v) is 6.77. The van der Waals surface area contributed by atoms with Gasteiger partial charge < -0.3 is 11.1 Å². The minimum Gasteiger partial charge on any atom is -0.370 e. The van der Waals surface area contributed by atoms with E-state index in [9.17, 15) is 0 Å². The van der Waals surface area contributed by atoms with Gasteiger partial charge in [-0.2, -0.15) is 0 Å². The van der Waals surface area contributed by atoms with Crippen molar-refractivity contribution in [3.63, 3.8) is 0 Å². The molecule has 3 N–H and O–H groups in total. The maximum Gasteiger partial charge on any atom is 0.193 e. The molecular formula is C15H25N3. The molecule has 0 aromatic heterocycles. The fourth-order valence-corrected chi connectivity index (χ4v) is 2.05. The average molecular weight is 247 g/mol. The number of para-hydroxylation sites is 1. The van der Waals surface area contributed by atoms with Gasteiger partial charge in [0.05, 0.1) is 0 Å². The van der Waals surface area contributed by atoms with Crippen LogP contribution in [0.5, 0.6) is 0 Å². The third-order valence-corrected chi connectivity index (χ3v) is 3.88. The second-order valence-electron chi connectivity index (χ2n) is 4.75. The van der Waals surface area contributed by atoms with Gasteiger partial charge in [-0.25, -0.2) is 0 Å². The number of benzene rings is 1. The normalized spacial score (nSPS) is 12.5. The summed E-state index contributed by atoms with van der Waals surface area (Å²) in [4.78, 5) is 4.49. The topological polar surface area (TPSA) is 50.4 Å². The van der Waals surface area contributed by atoms with Crippen molar-refractivity contribution in [1.29, 1.82) is 0 Å². The predicted molar refractivity (Wildman–Crippen MR) is 79.9 cm³/mol. The summed E-state index contributed by atoms with van der Waals surface area (Å²) in [6.07, 6.45) is 3.42. The van der Waals surface area contributed by atoms with Crippen molar-refractivity contribution in [3.8, 4) is 0 Å². The molecule has 0 heterocycles. The van der Waals surface area contributed by atoms with Gasteiger partial charge in [-0.15, -0.1) is 0 Å². The molecule has 0 unspecified atom stereocenters. The molecule has 0 aliphatic carbocycles. The minimum atomic E-state index is 0.295. The quantitative estimate of drug-likeness (QED) is 0.595. The van der Waals surface area contributed by atoms with Crippen LogP contribution in [0.4, 0.5) is 5.69 Å². The standard InChI is InChI=1S/C15H25N3/c1-4-15(5-2,6-3)12-17-14(16)18-13-10-8-7-9-11-13/h7-11H,4-6,12H2,1-3H3,(H3,16,17,18). The molecule has 100 valence electrons. The van der Waals surface area contributed by atoms with Gasteiger partial charge in [0.25, 0.3) is 0 Å². The molecule has 1 aromatic rings. The molecule has 0 spiro atoms. The van der Waals surface area contributed by atoms with E-state index in [2.05, 4.69) is 31.1 Å². The van der Waals surface area contributed by atoms with Gasteiger partial charge in [0.15, 0.2) is 5.96 Å². The fraction of sp³-hybridized carbons (Fsp3) is 0.533. The molecule has 0 saturated heterocycles. The Labute approximate surface area is 111 Å². The zero-order valence-corrected chi connectivity index (χ0v) is 11.7. The van der Waals surface area contributed by atoms with Gasteiger partial charge in [-0.1, -0.05) is 39.0 Å². The van der Waals surface area contributed by atoms with E-state index in [1.54, 1.807) is 0 Å². The molecule has 0 bridgehead atoms. The van der Waals surface area contributed by atoms with E-state index in [1.165, 1.54) is 0 Å². The van der Waals surface area contributed by atoms with E-state index >= 15 is 0 Å². The largest absolute Gasteiger partial charge is 0.370 e. The zero-order valence-electron chi connectivity index (χ0n) is 11.7. The Morgan fingerprint density at radius 1 is 1.11 bits per heavy atom. The van der Waals surface area contributed by atoms with Crippen molar-refractivity contribution in [1.82, 2.24) is 0 Å². The highest BCUT2D eigenvalue weighted by Gasteiger charge is 2.23. The number of aliphatic imine (C=N–C) groups is 1. The van der Waals surface area contributed by atoms with Crippen LogP contribution >= 0.6 is 0 Å². The van der Waals surface area contributed by atoms with E-state index in [-0.39, 0.29) is 0 Å². The average Bonchev–Trinajstić information content (AvgIpc) is 2.42. The van der Waals surface area contributed by atoms with Gasteiger partial charge in [0.1, 0.15) is 0 Å². The number of nitrogens with two attached hydrogens (primary N) is 1. The molecule has 0 saturated carbocycles. The van der Waals surface area contributed by atoms with Crippen LogP contribution < -0.4 is 11.1 Å². The molecule has 0 aliphatic heterocycles. The third kappa shape index (κ3) is 4.06. The summed E-state index contributed by atoms with van der Waals surface area (Å²) in [5.41, 5.74) is 7.19. The van der Waals surface area contributed by atoms with E-state index < -0.39 is 0 Å². The predicted octanol–water partition coefficient (Wildman–Crippen LogP) is 3.63. The minimum absolute atomic E-state index is 0.295. The van der Waals surface area contributed by atoms with E-state index in [1.807, 2.05) is 30.3 Å². The smallest absolute Gasteiger partial charge is 0.193 e. The van der Waals surface area contributed by atoms with Gasteiger partial charge >= 0.3 is 0 Å². The van der Waals surface area contributed by atoms with Gasteiger partial charge in [0.2, 0.25) is 0 Å². The first kappa shape index (κ1) is 14.6. The fourth-order valence-electron chi connectivity index (χ4n) is 2.05. The summed E-state index contributed by atoms with van der Waals surface area (Å²) in [6, 6.07) is 9.90. The molecule has 1 aromatic carbocycles. The second kappa shape index (κ2) is 7.04. The first-order chi connectivity index (χ1) is 8.65. The Morgan fingerprint density at radius 3 is 2.17 bits per heavy atom. The van der Waals surface area contributed by atoms with Crippen LogP contribution in [0.25, 0.3) is 0 Å². The number of nitrogens with one attached hydrogen (secondary N) is 1. The summed E-state index contributed by atoms with van der Waals surface area (Å²) in [5, 5.41) is 3.11. The van der Waals surface area contributed by atoms with Crippen LogP contribution in [-0.2, 0) is 0 Å². The highest BCUT2D eigenvalue weighted by Crippen LogP contribution is 2.30. The van der Waals surface area contributed by atoms with Crippen LogP contribution in [-0.4, -0.2) is 12.5 Å². The molecular weight excluding hydrogens is 222 g/mol. The molecule has 0 atom stereocenters. The van der Waals surface area contributed by atoms with Crippen LogP contribution in [0.2, 0.25) is 0 Å². The van der Waals surface area contributed by atoms with Crippen LogP contribution in [0.3, 0.4) is 0 Å². The molecule has 0 amide bonds. The van der Waals surface area contributed by atoms with Crippen molar-refractivity contribution in [2.75, 3.05) is 11.9 Å². The van der Waals surface area contributed by atoms with E-state index in [4.69, 9.17) is 5.73 Å². The van der Waals surface area contributed by atoms with Gasteiger partial charge in [0, 0.05) is 12.2 Å². The van der Waals surface area contributed by atoms with Crippen molar-refractivity contribution in [2.45, 2.75) is 40.0 Å². The SMILES string of the molecule is CCC(CC)(CC)CN=C(N)Nc1ccccc1. The Kier molecular flexibility index (Phi) is 5.69. The lowest BCUT2D eigenvalue weighted by Crippen LogP contribution is -2.27. The molecule has 3 nitrogen and oxygen atoms in total. The molecule has 0 aliphatic rings. The summed E-state index contributed by atoms with van der Waals surface area (Å²) in [7, 11) is 0. The molecule has 0 fully saturated rings. The second-order valence-corrected chi connectivity index (χ2v) is 4.75. The number of anilines is 1. The lowest BCUT2D eigenvalue weighted by atomic mass is 9.80. The Hall–Kier alpha value is -1.51. The number of guanidine groups is 1. The van der Waals surface area contributed by atoms with Crippen molar-refractivity contribution < 1.29 is 0 Å². The monoisotopic (exact) mass is 247 g/mol.